The highest BCUT2D eigenvalue weighted by molar-refractivity contribution is 5.80. The Hall–Kier alpha value is -1.78. The molecule has 1 N–H and O–H groups in total. The predicted molar refractivity (Wildman–Crippen MR) is 92.7 cm³/mol. The zero-order valence-corrected chi connectivity index (χ0v) is 14.1. The van der Waals surface area contributed by atoms with E-state index in [0.717, 1.165) is 49.9 Å². The Kier molecular flexibility index (Phi) is 5.72. The summed E-state index contributed by atoms with van der Waals surface area (Å²) in [6.07, 6.45) is 9.57. The van der Waals surface area contributed by atoms with Gasteiger partial charge >= 0.3 is 0 Å². The highest BCUT2D eigenvalue weighted by Crippen LogP contribution is 2.23. The van der Waals surface area contributed by atoms with E-state index >= 15 is 0 Å². The highest BCUT2D eigenvalue weighted by atomic mass is 16.5. The summed E-state index contributed by atoms with van der Waals surface area (Å²) in [5.74, 6) is 1.77. The van der Waals surface area contributed by atoms with Crippen LogP contribution < -0.4 is 10.1 Å². The number of nitrogens with one attached hydrogen (secondary N) is 1. The maximum absolute atomic E-state index is 5.98. The van der Waals surface area contributed by atoms with Crippen LogP contribution in [0.4, 0.5) is 0 Å². The molecule has 1 aromatic rings. The molecule has 1 aliphatic heterocycles. The molecule has 0 spiro atoms. The topological polar surface area (TPSA) is 49.8 Å². The lowest BCUT2D eigenvalue weighted by molar-refractivity contribution is 0.201. The number of guanidine groups is 1. The van der Waals surface area contributed by atoms with Gasteiger partial charge in [0.05, 0.1) is 6.54 Å². The van der Waals surface area contributed by atoms with Gasteiger partial charge in [0.15, 0.2) is 5.96 Å². The van der Waals surface area contributed by atoms with Crippen molar-refractivity contribution in [3.63, 3.8) is 0 Å². The van der Waals surface area contributed by atoms with Crippen molar-refractivity contribution in [2.75, 3.05) is 19.6 Å². The summed E-state index contributed by atoms with van der Waals surface area (Å²) < 4.78 is 5.98. The fourth-order valence-electron chi connectivity index (χ4n) is 3.31. The second-order valence-corrected chi connectivity index (χ2v) is 6.39. The van der Waals surface area contributed by atoms with E-state index < -0.39 is 0 Å². The van der Waals surface area contributed by atoms with Crippen molar-refractivity contribution < 1.29 is 4.74 Å². The first kappa shape index (κ1) is 16.1. The van der Waals surface area contributed by atoms with E-state index in [4.69, 9.17) is 9.73 Å². The molecule has 2 aliphatic rings. The monoisotopic (exact) mass is 316 g/mol. The Bertz CT molecular complexity index is 520. The molecule has 0 unspecified atom stereocenters. The van der Waals surface area contributed by atoms with Crippen molar-refractivity contribution in [3.8, 4) is 5.88 Å². The number of nitrogens with zero attached hydrogens (tertiary/aromatic N) is 3. The van der Waals surface area contributed by atoms with Gasteiger partial charge in [-0.15, -0.1) is 0 Å². The number of aromatic nitrogens is 1. The van der Waals surface area contributed by atoms with Gasteiger partial charge in [0.25, 0.3) is 0 Å². The summed E-state index contributed by atoms with van der Waals surface area (Å²) >= 11 is 0. The average molecular weight is 316 g/mol. The van der Waals surface area contributed by atoms with Crippen LogP contribution in [0.25, 0.3) is 0 Å². The normalized spacial score (nSPS) is 19.3. The quantitative estimate of drug-likeness (QED) is 0.670. The fraction of sp³-hybridized carbons (Fsp3) is 0.667. The van der Waals surface area contributed by atoms with Crippen LogP contribution >= 0.6 is 0 Å². The number of rotatable bonds is 5. The fourth-order valence-corrected chi connectivity index (χ4v) is 3.31. The first-order valence-electron chi connectivity index (χ1n) is 9.00. The molecule has 5 nitrogen and oxygen atoms in total. The van der Waals surface area contributed by atoms with Crippen molar-refractivity contribution in [1.29, 1.82) is 0 Å². The molecule has 0 radical (unpaired) electrons. The Labute approximate surface area is 139 Å². The van der Waals surface area contributed by atoms with E-state index in [1.165, 1.54) is 25.7 Å². The molecule has 1 saturated heterocycles. The zero-order chi connectivity index (χ0) is 15.9. The number of hydrogen-bond donors (Lipinski definition) is 1. The molecule has 126 valence electrons. The zero-order valence-electron chi connectivity index (χ0n) is 14.1. The van der Waals surface area contributed by atoms with Crippen LogP contribution in [0.2, 0.25) is 0 Å². The third-order valence-electron chi connectivity index (χ3n) is 4.54. The number of likely N-dealkylation sites (tertiary alicyclic amines) is 1. The molecule has 1 aliphatic carbocycles. The van der Waals surface area contributed by atoms with Gasteiger partial charge in [0.1, 0.15) is 6.10 Å². The number of pyridine rings is 1. The van der Waals surface area contributed by atoms with E-state index in [1.807, 2.05) is 18.3 Å². The van der Waals surface area contributed by atoms with Gasteiger partial charge in [-0.2, -0.15) is 0 Å². The van der Waals surface area contributed by atoms with Crippen molar-refractivity contribution in [1.82, 2.24) is 15.2 Å². The number of hydrogen-bond acceptors (Lipinski definition) is 3. The van der Waals surface area contributed by atoms with Gasteiger partial charge in [0.2, 0.25) is 5.88 Å². The first-order chi connectivity index (χ1) is 11.3. The molecular weight excluding hydrogens is 288 g/mol. The summed E-state index contributed by atoms with van der Waals surface area (Å²) in [5, 5.41) is 3.40. The van der Waals surface area contributed by atoms with Gasteiger partial charge in [0, 0.05) is 31.9 Å². The van der Waals surface area contributed by atoms with Crippen molar-refractivity contribution in [3.05, 3.63) is 23.9 Å². The Balaban J connectivity index is 1.62. The average Bonchev–Trinajstić information content (AvgIpc) is 3.25. The lowest BCUT2D eigenvalue weighted by Gasteiger charge is -2.20. The second-order valence-electron chi connectivity index (χ2n) is 6.39. The maximum Gasteiger partial charge on any atom is 0.213 e. The second kappa shape index (κ2) is 8.18. The van der Waals surface area contributed by atoms with E-state index in [1.54, 1.807) is 0 Å². The molecule has 5 heteroatoms. The van der Waals surface area contributed by atoms with Crippen molar-refractivity contribution in [2.24, 2.45) is 4.99 Å². The van der Waals surface area contributed by atoms with Gasteiger partial charge in [-0.1, -0.05) is 0 Å². The highest BCUT2D eigenvalue weighted by Gasteiger charge is 2.17. The van der Waals surface area contributed by atoms with Gasteiger partial charge in [-0.05, 0) is 57.1 Å². The summed E-state index contributed by atoms with van der Waals surface area (Å²) in [6.45, 7) is 5.91. The largest absolute Gasteiger partial charge is 0.474 e. The van der Waals surface area contributed by atoms with Crippen LogP contribution in [0.5, 0.6) is 5.88 Å². The maximum atomic E-state index is 5.98. The molecule has 1 aromatic heterocycles. The number of aliphatic imine (C=N–C) groups is 1. The molecule has 2 fully saturated rings. The molecule has 0 aromatic carbocycles. The van der Waals surface area contributed by atoms with Crippen LogP contribution in [0.15, 0.2) is 23.3 Å². The van der Waals surface area contributed by atoms with E-state index in [2.05, 4.69) is 22.1 Å². The Morgan fingerprint density at radius 1 is 1.30 bits per heavy atom. The summed E-state index contributed by atoms with van der Waals surface area (Å²) in [7, 11) is 0. The van der Waals surface area contributed by atoms with Crippen LogP contribution in [0.3, 0.4) is 0 Å². The van der Waals surface area contributed by atoms with Crippen molar-refractivity contribution >= 4 is 5.96 Å². The van der Waals surface area contributed by atoms with Crippen LogP contribution in [0.1, 0.15) is 51.0 Å². The van der Waals surface area contributed by atoms with E-state index in [-0.39, 0.29) is 0 Å². The van der Waals surface area contributed by atoms with Crippen LogP contribution in [-0.4, -0.2) is 41.6 Å². The molecule has 3 rings (SSSR count). The summed E-state index contributed by atoms with van der Waals surface area (Å²) in [6, 6.07) is 4.06. The molecular formula is C18H28N4O. The lowest BCUT2D eigenvalue weighted by atomic mass is 10.2. The smallest absolute Gasteiger partial charge is 0.213 e. The third kappa shape index (κ3) is 4.60. The molecule has 1 saturated carbocycles. The standard InChI is InChI=1S/C18H28N4O/c1-2-19-18(22-11-5-6-12-22)21-14-15-9-10-20-17(13-15)23-16-7-3-4-8-16/h9-10,13,16H,2-8,11-12,14H2,1H3,(H,19,21). The van der Waals surface area contributed by atoms with Gasteiger partial charge in [-0.3, -0.25) is 0 Å². The minimum Gasteiger partial charge on any atom is -0.474 e. The third-order valence-corrected chi connectivity index (χ3v) is 4.54. The van der Waals surface area contributed by atoms with Gasteiger partial charge < -0.3 is 15.0 Å². The minimum absolute atomic E-state index is 0.350. The van der Waals surface area contributed by atoms with E-state index in [0.29, 0.717) is 12.6 Å². The summed E-state index contributed by atoms with van der Waals surface area (Å²) in [5.41, 5.74) is 1.16. The molecule has 0 bridgehead atoms. The molecule has 0 atom stereocenters. The minimum atomic E-state index is 0.350. The van der Waals surface area contributed by atoms with Crippen LogP contribution in [0, 0.1) is 0 Å². The summed E-state index contributed by atoms with van der Waals surface area (Å²) in [4.78, 5) is 11.5. The molecule has 0 amide bonds. The van der Waals surface area contributed by atoms with E-state index in [9.17, 15) is 0 Å². The molecule has 23 heavy (non-hydrogen) atoms. The van der Waals surface area contributed by atoms with Crippen LogP contribution in [-0.2, 0) is 6.54 Å². The Morgan fingerprint density at radius 3 is 2.83 bits per heavy atom. The SMILES string of the molecule is CCNC(=NCc1ccnc(OC2CCCC2)c1)N1CCCC1. The first-order valence-corrected chi connectivity index (χ1v) is 9.00. The van der Waals surface area contributed by atoms with Crippen molar-refractivity contribution in [2.45, 2.75) is 58.1 Å². The molecule has 2 heterocycles. The number of ether oxygens (including phenoxy) is 1. The Morgan fingerprint density at radius 2 is 2.09 bits per heavy atom. The van der Waals surface area contributed by atoms with Gasteiger partial charge in [-0.25, -0.2) is 9.98 Å². The predicted octanol–water partition coefficient (Wildman–Crippen LogP) is 2.96. The lowest BCUT2D eigenvalue weighted by Crippen LogP contribution is -2.39.